The van der Waals surface area contributed by atoms with E-state index in [1.807, 2.05) is 0 Å². The summed E-state index contributed by atoms with van der Waals surface area (Å²) in [6.07, 6.45) is 1.47. The van der Waals surface area contributed by atoms with Crippen molar-refractivity contribution in [2.24, 2.45) is 0 Å². The van der Waals surface area contributed by atoms with Crippen LogP contribution in [0.3, 0.4) is 0 Å². The predicted octanol–water partition coefficient (Wildman–Crippen LogP) is 4.79. The first-order valence-electron chi connectivity index (χ1n) is 4.79. The van der Waals surface area contributed by atoms with Crippen molar-refractivity contribution < 1.29 is 13.6 Å². The number of carbonyl (C=O) groups excluding carboxylic acids is 1. The molecule has 0 aliphatic carbocycles. The highest BCUT2D eigenvalue weighted by Crippen LogP contribution is 2.39. The molecule has 1 aromatic heterocycles. The largest absolute Gasteiger partial charge is 0.293 e. The molecule has 0 atom stereocenters. The van der Waals surface area contributed by atoms with Crippen LogP contribution in [0.5, 0.6) is 0 Å². The van der Waals surface area contributed by atoms with Crippen LogP contribution in [0.25, 0.3) is 5.83 Å². The number of thiophene rings is 1. The summed E-state index contributed by atoms with van der Waals surface area (Å²) in [4.78, 5) is 11.9. The Kier molecular flexibility index (Phi) is 4.62. The second kappa shape index (κ2) is 5.55. The van der Waals surface area contributed by atoms with Gasteiger partial charge in [-0.15, -0.1) is 11.3 Å². The Morgan fingerprint density at radius 1 is 1.56 bits per heavy atom. The Morgan fingerprint density at radius 3 is 2.62 bits per heavy atom. The quantitative estimate of drug-likeness (QED) is 0.715. The maximum atomic E-state index is 13.5. The first kappa shape index (κ1) is 13.3. The van der Waals surface area contributed by atoms with E-state index >= 15 is 0 Å². The summed E-state index contributed by atoms with van der Waals surface area (Å²) in [5, 5.41) is 0.0279. The molecular formula is C11H11ClF2OS. The summed E-state index contributed by atoms with van der Waals surface area (Å²) >= 11 is 6.82. The molecule has 1 heterocycles. The molecule has 0 N–H and O–H groups in total. The average Bonchev–Trinajstić information content (AvgIpc) is 2.64. The number of allylic oxidation sites excluding steroid dienone is 1. The van der Waals surface area contributed by atoms with Crippen LogP contribution in [0.1, 0.15) is 40.4 Å². The van der Waals surface area contributed by atoms with E-state index in [9.17, 15) is 13.6 Å². The molecule has 0 saturated carbocycles. The molecule has 0 aromatic carbocycles. The molecule has 1 aromatic rings. The summed E-state index contributed by atoms with van der Waals surface area (Å²) < 4.78 is 26.1. The number of rotatable bonds is 4. The number of halogens is 3. The van der Waals surface area contributed by atoms with Crippen LogP contribution in [-0.4, -0.2) is 5.78 Å². The summed E-state index contributed by atoms with van der Waals surface area (Å²) in [7, 11) is 0. The Labute approximate surface area is 102 Å². The van der Waals surface area contributed by atoms with Gasteiger partial charge in [0.2, 0.25) is 0 Å². The van der Waals surface area contributed by atoms with Crippen molar-refractivity contribution in [1.29, 1.82) is 0 Å². The molecule has 1 nitrogen and oxygen atoms in total. The van der Waals surface area contributed by atoms with E-state index in [2.05, 4.69) is 0 Å². The molecular weight excluding hydrogens is 254 g/mol. The SMILES string of the molecule is C/C=C(/F)c1c(CF)sc(C(=O)CC)c1Cl. The van der Waals surface area contributed by atoms with Gasteiger partial charge >= 0.3 is 0 Å². The molecule has 16 heavy (non-hydrogen) atoms. The average molecular weight is 265 g/mol. The van der Waals surface area contributed by atoms with Gasteiger partial charge in [0.15, 0.2) is 5.78 Å². The van der Waals surface area contributed by atoms with Crippen molar-refractivity contribution in [3.05, 3.63) is 26.4 Å². The van der Waals surface area contributed by atoms with E-state index in [-0.39, 0.29) is 32.5 Å². The van der Waals surface area contributed by atoms with Gasteiger partial charge in [-0.2, -0.15) is 0 Å². The predicted molar refractivity (Wildman–Crippen MR) is 63.5 cm³/mol. The minimum absolute atomic E-state index is 0.0217. The van der Waals surface area contributed by atoms with Gasteiger partial charge in [0.05, 0.1) is 9.90 Å². The molecule has 0 aliphatic heterocycles. The van der Waals surface area contributed by atoms with Gasteiger partial charge in [0.1, 0.15) is 12.5 Å². The van der Waals surface area contributed by atoms with Crippen LogP contribution in [0.4, 0.5) is 8.78 Å². The summed E-state index contributed by atoms with van der Waals surface area (Å²) in [6, 6.07) is 0. The minimum Gasteiger partial charge on any atom is -0.293 e. The van der Waals surface area contributed by atoms with Crippen LogP contribution in [-0.2, 0) is 6.67 Å². The first-order chi connectivity index (χ1) is 7.56. The third-order valence-corrected chi connectivity index (χ3v) is 3.80. The van der Waals surface area contributed by atoms with Crippen molar-refractivity contribution in [2.75, 3.05) is 0 Å². The standard InChI is InChI=1S/C11H11ClF2OS/c1-3-6(14)9-8(5-13)16-11(10(9)12)7(15)4-2/h3H,4-5H2,1-2H3/b6-3+. The van der Waals surface area contributed by atoms with Crippen LogP contribution >= 0.6 is 22.9 Å². The maximum Gasteiger partial charge on any atom is 0.174 e. The third-order valence-electron chi connectivity index (χ3n) is 2.11. The minimum atomic E-state index is -0.821. The molecule has 0 bridgehead atoms. The molecule has 0 aliphatic rings. The lowest BCUT2D eigenvalue weighted by Crippen LogP contribution is -1.93. The van der Waals surface area contributed by atoms with Crippen LogP contribution in [0.15, 0.2) is 6.08 Å². The Bertz CT molecular complexity index is 437. The van der Waals surface area contributed by atoms with Gasteiger partial charge in [-0.3, -0.25) is 4.79 Å². The summed E-state index contributed by atoms with van der Waals surface area (Å²) in [6.45, 7) is 2.35. The number of hydrogen-bond donors (Lipinski definition) is 0. The van der Waals surface area contributed by atoms with Gasteiger partial charge < -0.3 is 0 Å². The molecule has 0 saturated heterocycles. The molecule has 0 unspecified atom stereocenters. The van der Waals surface area contributed by atoms with Gasteiger partial charge in [0.25, 0.3) is 0 Å². The Morgan fingerprint density at radius 2 is 2.19 bits per heavy atom. The zero-order valence-electron chi connectivity index (χ0n) is 8.94. The van der Waals surface area contributed by atoms with Gasteiger partial charge in [-0.1, -0.05) is 24.6 Å². The number of Topliss-reactive ketones (excluding diaryl/α,β-unsaturated/α-hetero) is 1. The molecule has 0 spiro atoms. The Balaban J connectivity index is 3.38. The van der Waals surface area contributed by atoms with E-state index in [1.54, 1.807) is 6.92 Å². The fourth-order valence-electron chi connectivity index (χ4n) is 1.27. The third kappa shape index (κ3) is 2.33. The van der Waals surface area contributed by atoms with Crippen molar-refractivity contribution in [2.45, 2.75) is 26.9 Å². The van der Waals surface area contributed by atoms with E-state index in [0.29, 0.717) is 0 Å². The van der Waals surface area contributed by atoms with Gasteiger partial charge in [-0.25, -0.2) is 8.78 Å². The molecule has 1 rings (SSSR count). The zero-order chi connectivity index (χ0) is 12.3. The normalized spacial score (nSPS) is 11.9. The van der Waals surface area contributed by atoms with E-state index in [1.165, 1.54) is 13.0 Å². The first-order valence-corrected chi connectivity index (χ1v) is 5.98. The van der Waals surface area contributed by atoms with Crippen molar-refractivity contribution >= 4 is 34.5 Å². The van der Waals surface area contributed by atoms with E-state index in [4.69, 9.17) is 11.6 Å². The van der Waals surface area contributed by atoms with E-state index < -0.39 is 12.5 Å². The molecule has 88 valence electrons. The van der Waals surface area contributed by atoms with Crippen LogP contribution in [0.2, 0.25) is 5.02 Å². The number of alkyl halides is 1. The number of ketones is 1. The highest BCUT2D eigenvalue weighted by Gasteiger charge is 2.22. The summed E-state index contributed by atoms with van der Waals surface area (Å²) in [5.41, 5.74) is 0.0217. The fraction of sp³-hybridized carbons (Fsp3) is 0.364. The zero-order valence-corrected chi connectivity index (χ0v) is 10.5. The fourth-order valence-corrected chi connectivity index (χ4v) is 2.81. The van der Waals surface area contributed by atoms with Crippen molar-refractivity contribution in [3.63, 3.8) is 0 Å². The summed E-state index contributed by atoms with van der Waals surface area (Å²) in [5.74, 6) is -0.788. The van der Waals surface area contributed by atoms with Crippen molar-refractivity contribution in [3.8, 4) is 0 Å². The van der Waals surface area contributed by atoms with E-state index in [0.717, 1.165) is 11.3 Å². The number of hydrogen-bond acceptors (Lipinski definition) is 2. The van der Waals surface area contributed by atoms with Gasteiger partial charge in [-0.05, 0) is 6.92 Å². The molecule has 5 heteroatoms. The lowest BCUT2D eigenvalue weighted by atomic mass is 10.1. The van der Waals surface area contributed by atoms with Crippen molar-refractivity contribution in [1.82, 2.24) is 0 Å². The molecule has 0 amide bonds. The highest BCUT2D eigenvalue weighted by atomic mass is 35.5. The number of carbonyl (C=O) groups is 1. The second-order valence-electron chi connectivity index (χ2n) is 3.09. The molecule has 0 fully saturated rings. The second-order valence-corrected chi connectivity index (χ2v) is 4.57. The smallest absolute Gasteiger partial charge is 0.174 e. The van der Waals surface area contributed by atoms with Gasteiger partial charge in [0, 0.05) is 16.9 Å². The van der Waals surface area contributed by atoms with Crippen LogP contribution < -0.4 is 0 Å². The lowest BCUT2D eigenvalue weighted by molar-refractivity contribution is 0.0992. The Hall–Kier alpha value is -0.740. The lowest BCUT2D eigenvalue weighted by Gasteiger charge is -1.97. The molecule has 0 radical (unpaired) electrons. The monoisotopic (exact) mass is 264 g/mol. The topological polar surface area (TPSA) is 17.1 Å². The maximum absolute atomic E-state index is 13.5. The van der Waals surface area contributed by atoms with Crippen LogP contribution in [0, 0.1) is 0 Å². The highest BCUT2D eigenvalue weighted by molar-refractivity contribution is 7.15.